The molecule has 2 aromatic carbocycles. The number of aryl methyl sites for hydroxylation is 1. The van der Waals surface area contributed by atoms with Crippen molar-refractivity contribution in [1.82, 2.24) is 14.8 Å². The van der Waals surface area contributed by atoms with Crippen molar-refractivity contribution in [2.24, 2.45) is 0 Å². The van der Waals surface area contributed by atoms with E-state index in [1.807, 2.05) is 12.1 Å². The maximum atomic E-state index is 12.2. The van der Waals surface area contributed by atoms with E-state index in [0.717, 1.165) is 11.3 Å². The van der Waals surface area contributed by atoms with Gasteiger partial charge in [0.15, 0.2) is 5.75 Å². The van der Waals surface area contributed by atoms with Gasteiger partial charge in [0, 0.05) is 17.7 Å². The zero-order valence-electron chi connectivity index (χ0n) is 16.9. The highest BCUT2D eigenvalue weighted by Gasteiger charge is 2.15. The number of hydrogen-bond donors (Lipinski definition) is 1. The van der Waals surface area contributed by atoms with Crippen LogP contribution in [-0.4, -0.2) is 27.8 Å². The van der Waals surface area contributed by atoms with Crippen molar-refractivity contribution in [1.29, 1.82) is 0 Å². The lowest BCUT2D eigenvalue weighted by atomic mass is 10.0. The van der Waals surface area contributed by atoms with Crippen LogP contribution in [0.2, 0.25) is 10.0 Å². The van der Waals surface area contributed by atoms with Crippen molar-refractivity contribution in [3.63, 3.8) is 0 Å². The van der Waals surface area contributed by atoms with Crippen LogP contribution in [0.3, 0.4) is 0 Å². The molecule has 0 unspecified atom stereocenters. The molecule has 0 saturated heterocycles. The maximum Gasteiger partial charge on any atom is 0.226 e. The number of aromatic nitrogens is 3. The first-order chi connectivity index (χ1) is 14.4. The summed E-state index contributed by atoms with van der Waals surface area (Å²) in [6, 6.07) is 8.73. The summed E-state index contributed by atoms with van der Waals surface area (Å²) < 4.78 is 12.9. The Morgan fingerprint density at radius 2 is 1.93 bits per heavy atom. The van der Waals surface area contributed by atoms with Gasteiger partial charge in [0.25, 0.3) is 0 Å². The van der Waals surface area contributed by atoms with Crippen LogP contribution in [-0.2, 0) is 11.3 Å². The minimum atomic E-state index is -0.192. The normalized spacial score (nSPS) is 10.9. The summed E-state index contributed by atoms with van der Waals surface area (Å²) in [7, 11) is 1.63. The fourth-order valence-corrected chi connectivity index (χ4v) is 3.43. The number of amides is 1. The average molecular weight is 449 g/mol. The van der Waals surface area contributed by atoms with E-state index in [1.54, 1.807) is 36.3 Å². The predicted octanol–water partition coefficient (Wildman–Crippen LogP) is 5.54. The third kappa shape index (κ3) is 5.43. The summed E-state index contributed by atoms with van der Waals surface area (Å²) >= 11 is 12.8. The number of hydrogen-bond acceptors (Lipinski definition) is 5. The monoisotopic (exact) mass is 448 g/mol. The molecule has 0 aliphatic carbocycles. The Morgan fingerprint density at radius 3 is 2.53 bits per heavy atom. The molecule has 158 valence electrons. The quantitative estimate of drug-likeness (QED) is 0.489. The van der Waals surface area contributed by atoms with Crippen molar-refractivity contribution < 1.29 is 14.3 Å². The lowest BCUT2D eigenvalue weighted by Crippen LogP contribution is -2.14. The van der Waals surface area contributed by atoms with E-state index in [4.69, 9.17) is 32.7 Å². The van der Waals surface area contributed by atoms with Crippen molar-refractivity contribution in [3.05, 3.63) is 58.6 Å². The molecule has 1 aromatic heterocycles. The van der Waals surface area contributed by atoms with Gasteiger partial charge in [0.1, 0.15) is 24.2 Å². The molecule has 0 saturated carbocycles. The molecule has 3 rings (SSSR count). The Kier molecular flexibility index (Phi) is 7.18. The van der Waals surface area contributed by atoms with Crippen LogP contribution >= 0.6 is 23.2 Å². The lowest BCUT2D eigenvalue weighted by molar-refractivity contribution is -0.116. The first-order valence-corrected chi connectivity index (χ1v) is 10.1. The molecule has 1 N–H and O–H groups in total. The summed E-state index contributed by atoms with van der Waals surface area (Å²) in [4.78, 5) is 16.0. The summed E-state index contributed by atoms with van der Waals surface area (Å²) in [6.07, 6.45) is 3.21. The van der Waals surface area contributed by atoms with Gasteiger partial charge in [-0.15, -0.1) is 0 Å². The van der Waals surface area contributed by atoms with Gasteiger partial charge in [-0.05, 0) is 36.2 Å². The van der Waals surface area contributed by atoms with E-state index in [1.165, 1.54) is 6.33 Å². The SMILES string of the molecule is COc1ccc(Oc2c(Cl)cc(NC(=O)CCn3cncn3)cc2Cl)cc1C(C)C. The Bertz CT molecular complexity index is 1000. The average Bonchev–Trinajstić information content (AvgIpc) is 3.22. The number of nitrogens with one attached hydrogen (secondary N) is 1. The van der Waals surface area contributed by atoms with Gasteiger partial charge in [-0.3, -0.25) is 9.48 Å². The van der Waals surface area contributed by atoms with Crippen molar-refractivity contribution in [2.75, 3.05) is 12.4 Å². The van der Waals surface area contributed by atoms with E-state index >= 15 is 0 Å². The molecule has 1 heterocycles. The van der Waals surface area contributed by atoms with Crippen LogP contribution in [0.15, 0.2) is 43.0 Å². The summed E-state index contributed by atoms with van der Waals surface area (Å²) in [5, 5.41) is 7.31. The largest absolute Gasteiger partial charge is 0.496 e. The molecule has 0 aliphatic rings. The third-order valence-electron chi connectivity index (χ3n) is 4.36. The molecule has 30 heavy (non-hydrogen) atoms. The zero-order chi connectivity index (χ0) is 21.7. The first kappa shape index (κ1) is 21.9. The molecule has 1 amide bonds. The van der Waals surface area contributed by atoms with Gasteiger partial charge in [0.05, 0.1) is 23.7 Å². The number of carbonyl (C=O) groups excluding carboxylic acids is 1. The number of ether oxygens (including phenoxy) is 2. The summed E-state index contributed by atoms with van der Waals surface area (Å²) in [5.41, 5.74) is 1.50. The van der Waals surface area contributed by atoms with Crippen LogP contribution in [0.4, 0.5) is 5.69 Å². The number of benzene rings is 2. The number of nitrogens with zero attached hydrogens (tertiary/aromatic N) is 3. The molecule has 7 nitrogen and oxygen atoms in total. The fourth-order valence-electron chi connectivity index (χ4n) is 2.86. The Hall–Kier alpha value is -2.77. The molecule has 0 fully saturated rings. The molecule has 0 radical (unpaired) electrons. The standard InChI is InChI=1S/C21H22Cl2N4O3/c1-13(2)16-10-15(4-5-19(16)29-3)30-21-17(22)8-14(9-18(21)23)26-20(28)6-7-27-12-24-11-25-27/h4-5,8-13H,6-7H2,1-3H3,(H,26,28). The van der Waals surface area contributed by atoms with Crippen LogP contribution in [0.1, 0.15) is 31.7 Å². The molecule has 0 spiro atoms. The molecule has 0 bridgehead atoms. The van der Waals surface area contributed by atoms with Gasteiger partial charge in [-0.25, -0.2) is 4.98 Å². The number of halogens is 2. The second-order valence-corrected chi connectivity index (χ2v) is 7.70. The minimum absolute atomic E-state index is 0.192. The number of carbonyl (C=O) groups is 1. The molecule has 9 heteroatoms. The van der Waals surface area contributed by atoms with Gasteiger partial charge >= 0.3 is 0 Å². The highest BCUT2D eigenvalue weighted by molar-refractivity contribution is 6.37. The second kappa shape index (κ2) is 9.82. The fraction of sp³-hybridized carbons (Fsp3) is 0.286. The van der Waals surface area contributed by atoms with Crippen molar-refractivity contribution in [3.8, 4) is 17.2 Å². The smallest absolute Gasteiger partial charge is 0.226 e. The Morgan fingerprint density at radius 1 is 1.20 bits per heavy atom. The molecule has 0 aliphatic heterocycles. The summed E-state index contributed by atoms with van der Waals surface area (Å²) in [5.74, 6) is 1.76. The Balaban J connectivity index is 1.71. The first-order valence-electron chi connectivity index (χ1n) is 9.34. The Labute approximate surface area is 184 Å². The van der Waals surface area contributed by atoms with E-state index in [9.17, 15) is 4.79 Å². The van der Waals surface area contributed by atoms with Crippen molar-refractivity contribution in [2.45, 2.75) is 32.7 Å². The summed E-state index contributed by atoms with van der Waals surface area (Å²) in [6.45, 7) is 4.56. The molecular weight excluding hydrogens is 427 g/mol. The van der Waals surface area contributed by atoms with Crippen LogP contribution in [0, 0.1) is 0 Å². The number of anilines is 1. The van der Waals surface area contributed by atoms with Gasteiger partial charge in [-0.2, -0.15) is 5.10 Å². The number of rotatable bonds is 8. The third-order valence-corrected chi connectivity index (χ3v) is 4.92. The minimum Gasteiger partial charge on any atom is -0.496 e. The predicted molar refractivity (Wildman–Crippen MR) is 117 cm³/mol. The molecular formula is C21H22Cl2N4O3. The lowest BCUT2D eigenvalue weighted by Gasteiger charge is -2.16. The van der Waals surface area contributed by atoms with Gasteiger partial charge in [0.2, 0.25) is 5.91 Å². The van der Waals surface area contributed by atoms with Crippen LogP contribution in [0.5, 0.6) is 17.2 Å². The van der Waals surface area contributed by atoms with E-state index in [2.05, 4.69) is 29.2 Å². The van der Waals surface area contributed by atoms with E-state index in [-0.39, 0.29) is 28.3 Å². The highest BCUT2D eigenvalue weighted by Crippen LogP contribution is 2.40. The van der Waals surface area contributed by atoms with Crippen molar-refractivity contribution >= 4 is 34.8 Å². The number of methoxy groups -OCH3 is 1. The maximum absolute atomic E-state index is 12.2. The van der Waals surface area contributed by atoms with Gasteiger partial charge in [-0.1, -0.05) is 37.0 Å². The highest BCUT2D eigenvalue weighted by atomic mass is 35.5. The van der Waals surface area contributed by atoms with Gasteiger partial charge < -0.3 is 14.8 Å². The zero-order valence-corrected chi connectivity index (χ0v) is 18.4. The van der Waals surface area contributed by atoms with E-state index < -0.39 is 0 Å². The van der Waals surface area contributed by atoms with Crippen LogP contribution < -0.4 is 14.8 Å². The topological polar surface area (TPSA) is 78.3 Å². The van der Waals surface area contributed by atoms with E-state index in [0.29, 0.717) is 23.7 Å². The van der Waals surface area contributed by atoms with Crippen LogP contribution in [0.25, 0.3) is 0 Å². The second-order valence-electron chi connectivity index (χ2n) is 6.89. The molecule has 0 atom stereocenters. The molecule has 3 aromatic rings.